The van der Waals surface area contributed by atoms with Crippen molar-refractivity contribution < 1.29 is 0 Å². The number of nitrogens with zero attached hydrogens (tertiary/aromatic N) is 3. The third kappa shape index (κ3) is 1.37. The number of hydrogen-bond donors (Lipinski definition) is 1. The predicted octanol–water partition coefficient (Wildman–Crippen LogP) is 2.47. The number of hydrogen-bond acceptors (Lipinski definition) is 3. The molecule has 2 aromatic heterocycles. The first-order valence-electron chi connectivity index (χ1n) is 5.60. The molecule has 0 saturated heterocycles. The molecule has 2 heterocycles. The topological polar surface area (TPSA) is 42.7 Å². The Bertz CT molecular complexity index is 712. The second kappa shape index (κ2) is 3.45. The van der Waals surface area contributed by atoms with Crippen molar-refractivity contribution in [1.29, 1.82) is 0 Å². The van der Waals surface area contributed by atoms with E-state index in [0.29, 0.717) is 0 Å². The van der Waals surface area contributed by atoms with Crippen LogP contribution in [0.15, 0.2) is 24.5 Å². The Morgan fingerprint density at radius 2 is 2.12 bits per heavy atom. The van der Waals surface area contributed by atoms with Crippen LogP contribution in [0.3, 0.4) is 0 Å². The molecule has 3 aromatic rings. The fourth-order valence-electron chi connectivity index (χ4n) is 2.21. The van der Waals surface area contributed by atoms with Gasteiger partial charge in [-0.2, -0.15) is 0 Å². The van der Waals surface area contributed by atoms with Gasteiger partial charge in [-0.25, -0.2) is 9.97 Å². The molecule has 0 saturated carbocycles. The van der Waals surface area contributed by atoms with Crippen LogP contribution >= 0.6 is 0 Å². The predicted molar refractivity (Wildman–Crippen MR) is 70.3 cm³/mol. The molecule has 0 aliphatic rings. The van der Waals surface area contributed by atoms with Crippen LogP contribution in [0.25, 0.3) is 21.9 Å². The average Bonchev–Trinajstić information content (AvgIpc) is 2.71. The van der Waals surface area contributed by atoms with Crippen molar-refractivity contribution in [2.24, 2.45) is 7.05 Å². The van der Waals surface area contributed by atoms with Crippen LogP contribution in [-0.2, 0) is 7.05 Å². The Morgan fingerprint density at radius 1 is 1.29 bits per heavy atom. The summed E-state index contributed by atoms with van der Waals surface area (Å²) in [6.07, 6.45) is 1.83. The lowest BCUT2D eigenvalue weighted by Crippen LogP contribution is -1.96. The highest BCUT2D eigenvalue weighted by Crippen LogP contribution is 2.28. The first-order valence-corrected chi connectivity index (χ1v) is 5.60. The number of fused-ring (bicyclic) bond motifs is 3. The molecule has 0 fully saturated rings. The van der Waals surface area contributed by atoms with Gasteiger partial charge >= 0.3 is 0 Å². The van der Waals surface area contributed by atoms with Crippen molar-refractivity contribution in [3.63, 3.8) is 0 Å². The number of pyridine rings is 1. The van der Waals surface area contributed by atoms with Crippen LogP contribution in [0.2, 0.25) is 0 Å². The number of nitrogens with one attached hydrogen (secondary N) is 1. The third-order valence-electron chi connectivity index (χ3n) is 3.04. The van der Waals surface area contributed by atoms with E-state index < -0.39 is 0 Å². The normalized spacial score (nSPS) is 11.2. The number of aromatic nitrogens is 3. The molecule has 0 unspecified atom stereocenters. The second-order valence-corrected chi connectivity index (χ2v) is 4.28. The van der Waals surface area contributed by atoms with E-state index in [1.54, 1.807) is 0 Å². The van der Waals surface area contributed by atoms with E-state index >= 15 is 0 Å². The van der Waals surface area contributed by atoms with Crippen molar-refractivity contribution in [3.8, 4) is 0 Å². The summed E-state index contributed by atoms with van der Waals surface area (Å²) < 4.78 is 2.04. The van der Waals surface area contributed by atoms with Crippen molar-refractivity contribution in [1.82, 2.24) is 14.5 Å². The molecular formula is C13H14N4. The maximum Gasteiger partial charge on any atom is 0.154 e. The summed E-state index contributed by atoms with van der Waals surface area (Å²) in [4.78, 5) is 9.00. The van der Waals surface area contributed by atoms with Crippen LogP contribution in [0.4, 0.5) is 5.82 Å². The standard InChI is InChI=1S/C13H14N4/c1-8-4-5-10-9(6-8)12-11(13(14-2)16-10)15-7-17(12)3/h4-7H,1-3H3,(H,14,16). The lowest BCUT2D eigenvalue weighted by atomic mass is 10.1. The molecule has 0 amide bonds. The van der Waals surface area contributed by atoms with Gasteiger partial charge in [0.2, 0.25) is 0 Å². The molecule has 3 rings (SSSR count). The van der Waals surface area contributed by atoms with E-state index in [-0.39, 0.29) is 0 Å². The molecule has 4 nitrogen and oxygen atoms in total. The summed E-state index contributed by atoms with van der Waals surface area (Å²) in [5.74, 6) is 0.831. The van der Waals surface area contributed by atoms with Gasteiger partial charge < -0.3 is 9.88 Å². The van der Waals surface area contributed by atoms with Crippen LogP contribution < -0.4 is 5.32 Å². The van der Waals surface area contributed by atoms with Gasteiger partial charge in [0.15, 0.2) is 5.82 Å². The third-order valence-corrected chi connectivity index (χ3v) is 3.04. The number of rotatable bonds is 1. The highest BCUT2D eigenvalue weighted by molar-refractivity contribution is 6.06. The Balaban J connectivity index is 2.58. The van der Waals surface area contributed by atoms with Gasteiger partial charge in [-0.1, -0.05) is 11.6 Å². The van der Waals surface area contributed by atoms with E-state index in [1.165, 1.54) is 5.56 Å². The minimum atomic E-state index is 0.831. The fourth-order valence-corrected chi connectivity index (χ4v) is 2.21. The van der Waals surface area contributed by atoms with Gasteiger partial charge in [-0.05, 0) is 19.1 Å². The van der Waals surface area contributed by atoms with E-state index in [9.17, 15) is 0 Å². The second-order valence-electron chi connectivity index (χ2n) is 4.28. The van der Waals surface area contributed by atoms with E-state index in [0.717, 1.165) is 27.8 Å². The smallest absolute Gasteiger partial charge is 0.154 e. The zero-order valence-electron chi connectivity index (χ0n) is 10.2. The summed E-state index contributed by atoms with van der Waals surface area (Å²) in [7, 11) is 3.88. The molecule has 0 radical (unpaired) electrons. The molecule has 0 atom stereocenters. The van der Waals surface area contributed by atoms with Crippen molar-refractivity contribution in [2.75, 3.05) is 12.4 Å². The molecule has 0 aliphatic carbocycles. The van der Waals surface area contributed by atoms with Crippen molar-refractivity contribution >= 4 is 27.8 Å². The molecule has 4 heteroatoms. The average molecular weight is 226 g/mol. The highest BCUT2D eigenvalue weighted by Gasteiger charge is 2.11. The molecule has 0 spiro atoms. The Morgan fingerprint density at radius 3 is 2.88 bits per heavy atom. The van der Waals surface area contributed by atoms with Crippen LogP contribution in [0.1, 0.15) is 5.56 Å². The first-order chi connectivity index (χ1) is 8.20. The lowest BCUT2D eigenvalue weighted by molar-refractivity contribution is 0.950. The summed E-state index contributed by atoms with van der Waals surface area (Å²) in [5.41, 5.74) is 4.28. The van der Waals surface area contributed by atoms with Gasteiger partial charge in [-0.15, -0.1) is 0 Å². The summed E-state index contributed by atoms with van der Waals surface area (Å²) in [5, 5.41) is 4.25. The SMILES string of the molecule is CNc1nc2ccc(C)cc2c2c1ncn2C. The minimum Gasteiger partial charge on any atom is -0.371 e. The fraction of sp³-hybridized carbons (Fsp3) is 0.231. The van der Waals surface area contributed by atoms with Crippen LogP contribution in [0, 0.1) is 6.92 Å². The quantitative estimate of drug-likeness (QED) is 0.693. The van der Waals surface area contributed by atoms with Gasteiger partial charge in [0.05, 0.1) is 17.4 Å². The molecule has 1 aromatic carbocycles. The van der Waals surface area contributed by atoms with Crippen molar-refractivity contribution in [2.45, 2.75) is 6.92 Å². The molecule has 86 valence electrons. The molecule has 1 N–H and O–H groups in total. The van der Waals surface area contributed by atoms with E-state index in [2.05, 4.69) is 40.4 Å². The van der Waals surface area contributed by atoms with E-state index in [1.807, 2.05) is 25.0 Å². The molecule has 0 aliphatic heterocycles. The molecule has 0 bridgehead atoms. The van der Waals surface area contributed by atoms with E-state index in [4.69, 9.17) is 0 Å². The Kier molecular flexibility index (Phi) is 2.04. The highest BCUT2D eigenvalue weighted by atomic mass is 15.1. The summed E-state index contributed by atoms with van der Waals surface area (Å²) >= 11 is 0. The van der Waals surface area contributed by atoms with Gasteiger partial charge in [-0.3, -0.25) is 0 Å². The first kappa shape index (κ1) is 10.1. The van der Waals surface area contributed by atoms with Gasteiger partial charge in [0, 0.05) is 19.5 Å². The maximum atomic E-state index is 4.59. The monoisotopic (exact) mass is 226 g/mol. The van der Waals surface area contributed by atoms with Crippen molar-refractivity contribution in [3.05, 3.63) is 30.1 Å². The maximum absolute atomic E-state index is 4.59. The number of imidazole rings is 1. The number of benzene rings is 1. The van der Waals surface area contributed by atoms with Crippen LogP contribution in [0.5, 0.6) is 0 Å². The minimum absolute atomic E-state index is 0.831. The van der Waals surface area contributed by atoms with Gasteiger partial charge in [0.1, 0.15) is 5.52 Å². The lowest BCUT2D eigenvalue weighted by Gasteiger charge is -2.06. The molecular weight excluding hydrogens is 212 g/mol. The zero-order chi connectivity index (χ0) is 12.0. The van der Waals surface area contributed by atoms with Gasteiger partial charge in [0.25, 0.3) is 0 Å². The largest absolute Gasteiger partial charge is 0.371 e. The summed E-state index contributed by atoms with van der Waals surface area (Å²) in [6.45, 7) is 2.09. The zero-order valence-corrected chi connectivity index (χ0v) is 10.2. The Labute approximate surface area is 99.3 Å². The number of anilines is 1. The Hall–Kier alpha value is -2.10. The number of aryl methyl sites for hydroxylation is 2. The summed E-state index contributed by atoms with van der Waals surface area (Å²) in [6, 6.07) is 6.29. The van der Waals surface area contributed by atoms with Crippen LogP contribution in [-0.4, -0.2) is 21.6 Å². The molecule has 17 heavy (non-hydrogen) atoms.